The van der Waals surface area contributed by atoms with Gasteiger partial charge >= 0.3 is 0 Å². The van der Waals surface area contributed by atoms with Crippen LogP contribution >= 0.6 is 11.6 Å². The molecule has 0 radical (unpaired) electrons. The number of rotatable bonds is 6. The Morgan fingerprint density at radius 2 is 1.90 bits per heavy atom. The zero-order valence-electron chi connectivity index (χ0n) is 17.5. The third kappa shape index (κ3) is 4.06. The molecule has 1 unspecified atom stereocenters. The van der Waals surface area contributed by atoms with Gasteiger partial charge in [-0.1, -0.05) is 35.9 Å². The van der Waals surface area contributed by atoms with Crippen LogP contribution in [0, 0.1) is 6.92 Å². The van der Waals surface area contributed by atoms with Crippen LogP contribution in [-0.2, 0) is 9.59 Å². The van der Waals surface area contributed by atoms with E-state index in [-0.39, 0.29) is 21.9 Å². The van der Waals surface area contributed by atoms with Crippen LogP contribution < -0.4 is 4.74 Å². The lowest BCUT2D eigenvalue weighted by Gasteiger charge is -2.27. The van der Waals surface area contributed by atoms with E-state index in [1.54, 1.807) is 18.2 Å². The minimum atomic E-state index is -0.724. The second kappa shape index (κ2) is 8.90. The van der Waals surface area contributed by atoms with Crippen LogP contribution in [0.25, 0.3) is 5.76 Å². The lowest BCUT2D eigenvalue weighted by atomic mass is 9.92. The molecule has 1 heterocycles. The highest BCUT2D eigenvalue weighted by molar-refractivity contribution is 6.47. The second-order valence-electron chi connectivity index (χ2n) is 7.50. The number of carbonyl (C=O) groups excluding carboxylic acids is 2. The fourth-order valence-corrected chi connectivity index (χ4v) is 3.80. The average Bonchev–Trinajstić information content (AvgIpc) is 2.97. The first kappa shape index (κ1) is 21.9. The van der Waals surface area contributed by atoms with Crippen LogP contribution in [0.4, 0.5) is 0 Å². The van der Waals surface area contributed by atoms with E-state index in [1.165, 1.54) is 12.0 Å². The topological polar surface area (TPSA) is 70.1 Å². The molecule has 1 fully saturated rings. The van der Waals surface area contributed by atoms with Crippen LogP contribution in [0.2, 0.25) is 5.02 Å². The lowest BCUT2D eigenvalue weighted by molar-refractivity contribution is -0.140. The molecule has 158 valence electrons. The molecule has 1 aliphatic heterocycles. The number of aliphatic hydroxyl groups excluding tert-OH is 1. The Kier molecular flexibility index (Phi) is 6.48. The van der Waals surface area contributed by atoms with Crippen molar-refractivity contribution < 1.29 is 19.4 Å². The average molecular weight is 429 g/mol. The van der Waals surface area contributed by atoms with E-state index < -0.39 is 17.7 Å². The number of ether oxygens (including phenoxy) is 1. The van der Waals surface area contributed by atoms with Gasteiger partial charge < -0.3 is 19.6 Å². The molecular formula is C23H25ClN2O4. The molecule has 1 aliphatic rings. The third-order valence-corrected chi connectivity index (χ3v) is 5.57. The van der Waals surface area contributed by atoms with Crippen molar-refractivity contribution in [3.8, 4) is 5.75 Å². The number of amides is 1. The summed E-state index contributed by atoms with van der Waals surface area (Å²) in [6.45, 7) is 2.84. The molecule has 7 heteroatoms. The van der Waals surface area contributed by atoms with Crippen molar-refractivity contribution >= 4 is 29.1 Å². The van der Waals surface area contributed by atoms with Gasteiger partial charge in [0.15, 0.2) is 0 Å². The maximum absolute atomic E-state index is 13.0. The standard InChI is InChI=1S/C23H25ClN2O4/c1-14-7-5-6-8-16(14)20-19(22(28)23(29)26(20)12-11-25(2)3)21(27)17-13-15(30-4)9-10-18(17)24/h5-10,13,20,27H,11-12H2,1-4H3/b21-19+. The Morgan fingerprint density at radius 3 is 2.53 bits per heavy atom. The summed E-state index contributed by atoms with van der Waals surface area (Å²) in [5, 5.41) is 11.4. The number of halogens is 1. The van der Waals surface area contributed by atoms with Crippen molar-refractivity contribution in [2.24, 2.45) is 0 Å². The molecule has 6 nitrogen and oxygen atoms in total. The number of aliphatic hydroxyl groups is 1. The fraction of sp³-hybridized carbons (Fsp3) is 0.304. The molecule has 0 aromatic heterocycles. The number of hydrogen-bond acceptors (Lipinski definition) is 5. The Hall–Kier alpha value is -2.83. The highest BCUT2D eigenvalue weighted by atomic mass is 35.5. The third-order valence-electron chi connectivity index (χ3n) is 5.24. The number of methoxy groups -OCH3 is 1. The molecule has 1 amide bonds. The molecule has 0 aliphatic carbocycles. The van der Waals surface area contributed by atoms with Crippen molar-refractivity contribution in [3.63, 3.8) is 0 Å². The number of likely N-dealkylation sites (N-methyl/N-ethyl adjacent to an activating group) is 1. The number of carbonyl (C=O) groups is 2. The van der Waals surface area contributed by atoms with Crippen molar-refractivity contribution in [1.82, 2.24) is 9.80 Å². The molecular weight excluding hydrogens is 404 g/mol. The van der Waals surface area contributed by atoms with Gasteiger partial charge in [-0.25, -0.2) is 0 Å². The van der Waals surface area contributed by atoms with Gasteiger partial charge in [-0.15, -0.1) is 0 Å². The number of likely N-dealkylation sites (tertiary alicyclic amines) is 1. The molecule has 1 saturated heterocycles. The quantitative estimate of drug-likeness (QED) is 0.432. The van der Waals surface area contributed by atoms with Crippen LogP contribution in [-0.4, -0.2) is 60.9 Å². The number of nitrogens with zero attached hydrogens (tertiary/aromatic N) is 2. The van der Waals surface area contributed by atoms with Crippen molar-refractivity contribution in [2.75, 3.05) is 34.3 Å². The van der Waals surface area contributed by atoms with Crippen molar-refractivity contribution in [1.29, 1.82) is 0 Å². The molecule has 2 aromatic rings. The first-order chi connectivity index (χ1) is 14.3. The van der Waals surface area contributed by atoms with Gasteiger partial charge in [0.1, 0.15) is 11.5 Å². The predicted molar refractivity (Wildman–Crippen MR) is 117 cm³/mol. The van der Waals surface area contributed by atoms with Gasteiger partial charge in [0.05, 0.1) is 23.7 Å². The molecule has 2 aromatic carbocycles. The molecule has 1 atom stereocenters. The van der Waals surface area contributed by atoms with Crippen molar-refractivity contribution in [2.45, 2.75) is 13.0 Å². The van der Waals surface area contributed by atoms with E-state index in [0.717, 1.165) is 11.1 Å². The minimum absolute atomic E-state index is 0.0307. The second-order valence-corrected chi connectivity index (χ2v) is 7.91. The Balaban J connectivity index is 2.22. The van der Waals surface area contributed by atoms with Crippen LogP contribution in [0.15, 0.2) is 48.0 Å². The maximum atomic E-state index is 13.0. The number of hydrogen-bond donors (Lipinski definition) is 1. The SMILES string of the molecule is COc1ccc(Cl)c(/C(O)=C2\C(=O)C(=O)N(CCN(C)C)C2c2ccccc2C)c1. The number of aryl methyl sites for hydroxylation is 1. The smallest absolute Gasteiger partial charge is 0.295 e. The van der Waals surface area contributed by atoms with Crippen LogP contribution in [0.3, 0.4) is 0 Å². The highest BCUT2D eigenvalue weighted by Crippen LogP contribution is 2.41. The maximum Gasteiger partial charge on any atom is 0.295 e. The summed E-state index contributed by atoms with van der Waals surface area (Å²) in [7, 11) is 5.30. The molecule has 3 rings (SSSR count). The summed E-state index contributed by atoms with van der Waals surface area (Å²) >= 11 is 6.31. The summed E-state index contributed by atoms with van der Waals surface area (Å²) in [6, 6.07) is 11.6. The van der Waals surface area contributed by atoms with E-state index in [9.17, 15) is 14.7 Å². The zero-order valence-corrected chi connectivity index (χ0v) is 18.2. The van der Waals surface area contributed by atoms with E-state index in [1.807, 2.05) is 50.2 Å². The Morgan fingerprint density at radius 1 is 1.20 bits per heavy atom. The van der Waals surface area contributed by atoms with Gasteiger partial charge in [0.25, 0.3) is 11.7 Å². The van der Waals surface area contributed by atoms with Gasteiger partial charge in [-0.2, -0.15) is 0 Å². The molecule has 0 saturated carbocycles. The van der Waals surface area contributed by atoms with Crippen LogP contribution in [0.5, 0.6) is 5.75 Å². The first-order valence-corrected chi connectivity index (χ1v) is 9.96. The predicted octanol–water partition coefficient (Wildman–Crippen LogP) is 3.64. The van der Waals surface area contributed by atoms with E-state index in [4.69, 9.17) is 16.3 Å². The molecule has 0 bridgehead atoms. The Labute approximate surface area is 181 Å². The summed E-state index contributed by atoms with van der Waals surface area (Å²) < 4.78 is 5.23. The highest BCUT2D eigenvalue weighted by Gasteiger charge is 2.46. The molecule has 30 heavy (non-hydrogen) atoms. The van der Waals surface area contributed by atoms with E-state index >= 15 is 0 Å². The van der Waals surface area contributed by atoms with Gasteiger partial charge in [-0.3, -0.25) is 9.59 Å². The fourth-order valence-electron chi connectivity index (χ4n) is 3.59. The Bertz CT molecular complexity index is 1020. The van der Waals surface area contributed by atoms with E-state index in [2.05, 4.69) is 0 Å². The van der Waals surface area contributed by atoms with E-state index in [0.29, 0.717) is 18.8 Å². The summed E-state index contributed by atoms with van der Waals surface area (Å²) in [4.78, 5) is 29.4. The first-order valence-electron chi connectivity index (χ1n) is 9.58. The summed E-state index contributed by atoms with van der Waals surface area (Å²) in [5.74, 6) is -1.18. The van der Waals surface area contributed by atoms with Gasteiger partial charge in [0.2, 0.25) is 0 Å². The monoisotopic (exact) mass is 428 g/mol. The number of Topliss-reactive ketones (excluding diaryl/α,β-unsaturated/α-hetero) is 1. The zero-order chi connectivity index (χ0) is 22.0. The van der Waals surface area contributed by atoms with Gasteiger partial charge in [0, 0.05) is 18.7 Å². The van der Waals surface area contributed by atoms with Crippen LogP contribution in [0.1, 0.15) is 22.7 Å². The molecule has 0 spiro atoms. The largest absolute Gasteiger partial charge is 0.507 e. The summed E-state index contributed by atoms with van der Waals surface area (Å²) in [5.41, 5.74) is 1.99. The van der Waals surface area contributed by atoms with Crippen molar-refractivity contribution in [3.05, 3.63) is 69.8 Å². The number of ketones is 1. The normalized spacial score (nSPS) is 18.3. The number of benzene rings is 2. The molecule has 1 N–H and O–H groups in total. The van der Waals surface area contributed by atoms with Gasteiger partial charge in [-0.05, 0) is 50.3 Å². The minimum Gasteiger partial charge on any atom is -0.507 e. The lowest BCUT2D eigenvalue weighted by Crippen LogP contribution is -2.35. The summed E-state index contributed by atoms with van der Waals surface area (Å²) in [6.07, 6.45) is 0.